The maximum Gasteiger partial charge on any atom is 0.247 e. The first-order valence-corrected chi connectivity index (χ1v) is 9.90. The molecule has 0 spiro atoms. The normalized spacial score (nSPS) is 11.7. The van der Waals surface area contributed by atoms with Crippen molar-refractivity contribution in [3.8, 4) is 0 Å². The van der Waals surface area contributed by atoms with Gasteiger partial charge in [-0.2, -0.15) is 0 Å². The van der Waals surface area contributed by atoms with E-state index in [0.29, 0.717) is 6.54 Å². The van der Waals surface area contributed by atoms with Crippen molar-refractivity contribution < 1.29 is 14.7 Å². The summed E-state index contributed by atoms with van der Waals surface area (Å²) in [5.41, 5.74) is 2.62. The molecular weight excluding hydrogens is 376 g/mol. The molecule has 0 radical (unpaired) electrons. The van der Waals surface area contributed by atoms with Crippen molar-refractivity contribution in [2.75, 3.05) is 13.7 Å². The molecule has 3 aromatic carbocycles. The Morgan fingerprint density at radius 1 is 0.833 bits per heavy atom. The summed E-state index contributed by atoms with van der Waals surface area (Å²) in [6.45, 7) is -0.0765. The number of amides is 2. The van der Waals surface area contributed by atoms with Gasteiger partial charge in [0.15, 0.2) is 0 Å². The fourth-order valence-electron chi connectivity index (χ4n) is 3.43. The van der Waals surface area contributed by atoms with Gasteiger partial charge in [0.2, 0.25) is 11.8 Å². The van der Waals surface area contributed by atoms with Crippen LogP contribution in [0.1, 0.15) is 22.6 Å². The largest absolute Gasteiger partial charge is 0.394 e. The molecule has 2 amide bonds. The Morgan fingerprint density at radius 2 is 1.30 bits per heavy atom. The summed E-state index contributed by atoms with van der Waals surface area (Å²) in [6.07, 6.45) is 0. The molecule has 0 aliphatic carbocycles. The van der Waals surface area contributed by atoms with Crippen molar-refractivity contribution in [2.45, 2.75) is 18.5 Å². The number of aliphatic hydroxyl groups is 1. The quantitative estimate of drug-likeness (QED) is 0.609. The number of carbonyl (C=O) groups excluding carboxylic acids is 2. The molecule has 0 aromatic heterocycles. The summed E-state index contributed by atoms with van der Waals surface area (Å²) in [4.78, 5) is 27.6. The zero-order valence-electron chi connectivity index (χ0n) is 16.9. The summed E-state index contributed by atoms with van der Waals surface area (Å²) < 4.78 is 0. The van der Waals surface area contributed by atoms with E-state index in [1.807, 2.05) is 91.0 Å². The minimum Gasteiger partial charge on any atom is -0.394 e. The highest BCUT2D eigenvalue weighted by Gasteiger charge is 2.29. The van der Waals surface area contributed by atoms with E-state index in [1.165, 1.54) is 4.90 Å². The highest BCUT2D eigenvalue weighted by atomic mass is 16.3. The van der Waals surface area contributed by atoms with Gasteiger partial charge >= 0.3 is 0 Å². The van der Waals surface area contributed by atoms with Gasteiger partial charge in [-0.3, -0.25) is 9.59 Å². The van der Waals surface area contributed by atoms with Crippen LogP contribution in [-0.2, 0) is 16.1 Å². The number of likely N-dealkylation sites (N-methyl/N-ethyl adjacent to an activating group) is 1. The summed E-state index contributed by atoms with van der Waals surface area (Å²) in [7, 11) is 1.66. The second-order valence-electron chi connectivity index (χ2n) is 7.18. The molecule has 3 aromatic rings. The first-order chi connectivity index (χ1) is 14.6. The monoisotopic (exact) mass is 402 g/mol. The Bertz CT molecular complexity index is 906. The maximum atomic E-state index is 13.2. The zero-order chi connectivity index (χ0) is 21.3. The molecule has 0 bridgehead atoms. The first kappa shape index (κ1) is 21.3. The van der Waals surface area contributed by atoms with E-state index in [4.69, 9.17) is 0 Å². The van der Waals surface area contributed by atoms with E-state index >= 15 is 0 Å². The van der Waals surface area contributed by atoms with Gasteiger partial charge in [0, 0.05) is 13.6 Å². The number of benzene rings is 3. The minimum atomic E-state index is -1.01. The van der Waals surface area contributed by atoms with Crippen molar-refractivity contribution in [3.63, 3.8) is 0 Å². The van der Waals surface area contributed by atoms with Crippen LogP contribution in [0.25, 0.3) is 0 Å². The van der Waals surface area contributed by atoms with Crippen molar-refractivity contribution in [3.05, 3.63) is 108 Å². The van der Waals surface area contributed by atoms with Crippen molar-refractivity contribution in [1.29, 1.82) is 0 Å². The molecule has 0 aliphatic heterocycles. The number of carbonyl (C=O) groups is 2. The Labute approximate surface area is 177 Å². The van der Waals surface area contributed by atoms with Gasteiger partial charge in [0.05, 0.1) is 12.5 Å². The number of hydrogen-bond acceptors (Lipinski definition) is 3. The van der Waals surface area contributed by atoms with Crippen LogP contribution < -0.4 is 5.32 Å². The minimum absolute atomic E-state index is 0.326. The topological polar surface area (TPSA) is 69.6 Å². The lowest BCUT2D eigenvalue weighted by atomic mass is 9.90. The molecule has 5 nitrogen and oxygen atoms in total. The van der Waals surface area contributed by atoms with Gasteiger partial charge in [0.25, 0.3) is 0 Å². The molecule has 5 heteroatoms. The van der Waals surface area contributed by atoms with Crippen LogP contribution in [0.5, 0.6) is 0 Å². The van der Waals surface area contributed by atoms with Gasteiger partial charge < -0.3 is 15.3 Å². The standard InChI is InChI=1S/C25H26N2O3/c1-27(17-19-11-5-2-6-12-19)25(30)22(18-28)26-24(29)23(20-13-7-3-8-14-20)21-15-9-4-10-16-21/h2-16,22-23,28H,17-18H2,1H3,(H,26,29). The maximum absolute atomic E-state index is 13.2. The lowest BCUT2D eigenvalue weighted by Crippen LogP contribution is -2.50. The van der Waals surface area contributed by atoms with Crippen LogP contribution in [0.15, 0.2) is 91.0 Å². The van der Waals surface area contributed by atoms with Crippen molar-refractivity contribution in [1.82, 2.24) is 10.2 Å². The number of aliphatic hydroxyl groups excluding tert-OH is 1. The summed E-state index contributed by atoms with van der Waals surface area (Å²) in [6, 6.07) is 27.4. The Kier molecular flexibility index (Phi) is 7.35. The number of nitrogens with one attached hydrogen (secondary N) is 1. The SMILES string of the molecule is CN(Cc1ccccc1)C(=O)C(CO)NC(=O)C(c1ccccc1)c1ccccc1. The van der Waals surface area contributed by atoms with Gasteiger partial charge in [-0.1, -0.05) is 91.0 Å². The highest BCUT2D eigenvalue weighted by Crippen LogP contribution is 2.25. The summed E-state index contributed by atoms with van der Waals surface area (Å²) in [5, 5.41) is 12.6. The molecule has 154 valence electrons. The Balaban J connectivity index is 1.77. The summed E-state index contributed by atoms with van der Waals surface area (Å²) in [5.74, 6) is -1.24. The van der Waals surface area contributed by atoms with Crippen molar-refractivity contribution in [2.24, 2.45) is 0 Å². The molecule has 0 heterocycles. The fourth-order valence-corrected chi connectivity index (χ4v) is 3.43. The lowest BCUT2D eigenvalue weighted by molar-refractivity contribution is -0.137. The van der Waals surface area contributed by atoms with Crippen LogP contribution >= 0.6 is 0 Å². The molecule has 0 saturated carbocycles. The first-order valence-electron chi connectivity index (χ1n) is 9.90. The number of nitrogens with zero attached hydrogens (tertiary/aromatic N) is 1. The molecule has 2 N–H and O–H groups in total. The van der Waals surface area contributed by atoms with Gasteiger partial charge in [0.1, 0.15) is 6.04 Å². The van der Waals surface area contributed by atoms with Crippen molar-refractivity contribution >= 4 is 11.8 Å². The third kappa shape index (κ3) is 5.33. The highest BCUT2D eigenvalue weighted by molar-refractivity contribution is 5.92. The zero-order valence-corrected chi connectivity index (χ0v) is 16.9. The van der Waals surface area contributed by atoms with Gasteiger partial charge in [-0.15, -0.1) is 0 Å². The second kappa shape index (κ2) is 10.4. The van der Waals surface area contributed by atoms with Crippen LogP contribution in [0.3, 0.4) is 0 Å². The molecule has 0 aliphatic rings. The molecule has 30 heavy (non-hydrogen) atoms. The van der Waals surface area contributed by atoms with Crippen LogP contribution in [0, 0.1) is 0 Å². The third-order valence-corrected chi connectivity index (χ3v) is 4.96. The predicted molar refractivity (Wildman–Crippen MR) is 117 cm³/mol. The average Bonchev–Trinajstić information content (AvgIpc) is 2.79. The van der Waals surface area contributed by atoms with E-state index < -0.39 is 18.6 Å². The third-order valence-electron chi connectivity index (χ3n) is 4.96. The van der Waals surface area contributed by atoms with Crippen LogP contribution in [-0.4, -0.2) is 41.5 Å². The lowest BCUT2D eigenvalue weighted by Gasteiger charge is -2.25. The molecule has 1 atom stereocenters. The van der Waals surface area contributed by atoms with E-state index in [9.17, 15) is 14.7 Å². The Morgan fingerprint density at radius 3 is 1.77 bits per heavy atom. The van der Waals surface area contributed by atoms with E-state index in [2.05, 4.69) is 5.32 Å². The predicted octanol–water partition coefficient (Wildman–Crippen LogP) is 2.95. The fraction of sp³-hybridized carbons (Fsp3) is 0.200. The van der Waals surface area contributed by atoms with E-state index in [1.54, 1.807) is 7.05 Å². The second-order valence-corrected chi connectivity index (χ2v) is 7.18. The molecular formula is C25H26N2O3. The molecule has 0 saturated heterocycles. The Hall–Kier alpha value is -3.44. The van der Waals surface area contributed by atoms with E-state index in [-0.39, 0.29) is 11.8 Å². The molecule has 0 fully saturated rings. The molecule has 1 unspecified atom stereocenters. The number of hydrogen-bond donors (Lipinski definition) is 2. The van der Waals surface area contributed by atoms with Crippen LogP contribution in [0.2, 0.25) is 0 Å². The van der Waals surface area contributed by atoms with Gasteiger partial charge in [-0.05, 0) is 16.7 Å². The number of rotatable bonds is 8. The molecule has 3 rings (SSSR count). The van der Waals surface area contributed by atoms with Crippen LogP contribution in [0.4, 0.5) is 0 Å². The average molecular weight is 402 g/mol. The smallest absolute Gasteiger partial charge is 0.247 e. The van der Waals surface area contributed by atoms with E-state index in [0.717, 1.165) is 16.7 Å². The summed E-state index contributed by atoms with van der Waals surface area (Å²) >= 11 is 0. The van der Waals surface area contributed by atoms with Gasteiger partial charge in [-0.25, -0.2) is 0 Å².